The van der Waals surface area contributed by atoms with Gasteiger partial charge in [0.05, 0.1) is 23.1 Å². The first kappa shape index (κ1) is 26.3. The molecule has 42 heavy (non-hydrogen) atoms. The zero-order valence-corrected chi connectivity index (χ0v) is 24.1. The van der Waals surface area contributed by atoms with E-state index in [1.807, 2.05) is 37.3 Å². The third-order valence-electron chi connectivity index (χ3n) is 8.59. The minimum Gasteiger partial charge on any atom is -0.452 e. The molecule has 1 N–H and O–H groups in total. The molecule has 1 aliphatic heterocycles. The van der Waals surface area contributed by atoms with Gasteiger partial charge < -0.3 is 10.1 Å². The number of ether oxygens (including phenoxy) is 1. The van der Waals surface area contributed by atoms with Crippen molar-refractivity contribution in [1.29, 1.82) is 0 Å². The molecule has 8 heteroatoms. The molecule has 4 aromatic carbocycles. The molecular formula is C34H25BrN2O5. The quantitative estimate of drug-likeness (QED) is 0.220. The van der Waals surface area contributed by atoms with Gasteiger partial charge in [-0.25, -0.2) is 9.69 Å². The van der Waals surface area contributed by atoms with E-state index in [2.05, 4.69) is 45.5 Å². The molecule has 0 spiro atoms. The summed E-state index contributed by atoms with van der Waals surface area (Å²) in [6, 6.07) is 27.9. The van der Waals surface area contributed by atoms with Crippen LogP contribution in [0.4, 0.5) is 11.4 Å². The predicted octanol–water partition coefficient (Wildman–Crippen LogP) is 5.95. The Kier molecular flexibility index (Phi) is 6.31. The van der Waals surface area contributed by atoms with Gasteiger partial charge in [0.2, 0.25) is 11.8 Å². The largest absolute Gasteiger partial charge is 0.452 e. The first-order valence-corrected chi connectivity index (χ1v) is 14.5. The monoisotopic (exact) mass is 620 g/mol. The summed E-state index contributed by atoms with van der Waals surface area (Å²) in [5, 5.41) is 2.74. The van der Waals surface area contributed by atoms with Crippen LogP contribution in [-0.4, -0.2) is 30.3 Å². The van der Waals surface area contributed by atoms with E-state index in [9.17, 15) is 19.2 Å². The van der Waals surface area contributed by atoms with E-state index in [-0.39, 0.29) is 29.2 Å². The molecule has 3 aliphatic carbocycles. The number of aryl methyl sites for hydroxylation is 1. The number of nitrogens with one attached hydrogen (secondary N) is 1. The summed E-state index contributed by atoms with van der Waals surface area (Å²) in [4.78, 5) is 54.6. The summed E-state index contributed by atoms with van der Waals surface area (Å²) in [6.07, 6.45) is 0. The number of hydrogen-bond acceptors (Lipinski definition) is 5. The van der Waals surface area contributed by atoms with Crippen molar-refractivity contribution in [1.82, 2.24) is 0 Å². The SMILES string of the molecule is Cc1cc(Br)ccc1NC(=O)COC(=O)c1cccc(N2C(=O)[C@@H]3C4c5ccccc5C(c5ccccc54)[C@@H]3C2=O)c1. The van der Waals surface area contributed by atoms with Crippen LogP contribution in [0.2, 0.25) is 0 Å². The molecule has 4 aromatic rings. The molecule has 8 rings (SSSR count). The van der Waals surface area contributed by atoms with Gasteiger partial charge in [-0.15, -0.1) is 0 Å². The smallest absolute Gasteiger partial charge is 0.338 e. The Labute approximate surface area is 250 Å². The number of carbonyl (C=O) groups excluding carboxylic acids is 4. The van der Waals surface area contributed by atoms with Crippen LogP contribution in [0, 0.1) is 18.8 Å². The van der Waals surface area contributed by atoms with Crippen molar-refractivity contribution < 1.29 is 23.9 Å². The third kappa shape index (κ3) is 4.09. The molecule has 2 bridgehead atoms. The number of amides is 3. The van der Waals surface area contributed by atoms with Crippen LogP contribution in [0.5, 0.6) is 0 Å². The number of nitrogens with zero attached hydrogens (tertiary/aromatic N) is 1. The van der Waals surface area contributed by atoms with Crippen molar-refractivity contribution in [3.8, 4) is 0 Å². The summed E-state index contributed by atoms with van der Waals surface area (Å²) in [5.41, 5.74) is 6.32. The van der Waals surface area contributed by atoms with Gasteiger partial charge in [-0.2, -0.15) is 0 Å². The molecule has 0 saturated carbocycles. The second-order valence-corrected chi connectivity index (χ2v) is 11.8. The first-order chi connectivity index (χ1) is 20.3. The van der Waals surface area contributed by atoms with Crippen LogP contribution in [0.3, 0.4) is 0 Å². The number of carbonyl (C=O) groups is 4. The summed E-state index contributed by atoms with van der Waals surface area (Å²) in [7, 11) is 0. The topological polar surface area (TPSA) is 92.8 Å². The predicted molar refractivity (Wildman–Crippen MR) is 160 cm³/mol. The number of anilines is 2. The Morgan fingerprint density at radius 3 is 1.90 bits per heavy atom. The van der Waals surface area contributed by atoms with Crippen LogP contribution in [0.25, 0.3) is 0 Å². The van der Waals surface area contributed by atoms with Crippen LogP contribution in [0.15, 0.2) is 95.5 Å². The van der Waals surface area contributed by atoms with E-state index in [0.717, 1.165) is 32.3 Å². The molecule has 208 valence electrons. The Morgan fingerprint density at radius 1 is 0.786 bits per heavy atom. The number of esters is 1. The van der Waals surface area contributed by atoms with Crippen molar-refractivity contribution in [3.05, 3.63) is 129 Å². The van der Waals surface area contributed by atoms with Crippen molar-refractivity contribution >= 4 is 51.0 Å². The van der Waals surface area contributed by atoms with E-state index >= 15 is 0 Å². The summed E-state index contributed by atoms with van der Waals surface area (Å²) in [6.45, 7) is 1.38. The molecule has 1 heterocycles. The zero-order chi connectivity index (χ0) is 29.1. The van der Waals surface area contributed by atoms with Crippen LogP contribution in [-0.2, 0) is 19.1 Å². The summed E-state index contributed by atoms with van der Waals surface area (Å²) >= 11 is 3.39. The molecule has 1 fully saturated rings. The maximum atomic E-state index is 14.0. The van der Waals surface area contributed by atoms with Crippen molar-refractivity contribution in [2.24, 2.45) is 11.8 Å². The first-order valence-electron chi connectivity index (χ1n) is 13.7. The van der Waals surface area contributed by atoms with Gasteiger partial charge in [-0.05, 0) is 71.1 Å². The average Bonchev–Trinajstić information content (AvgIpc) is 3.27. The van der Waals surface area contributed by atoms with Gasteiger partial charge in [0.15, 0.2) is 6.61 Å². The molecule has 4 aliphatic rings. The average molecular weight is 621 g/mol. The lowest BCUT2D eigenvalue weighted by Gasteiger charge is -2.45. The number of benzene rings is 4. The van der Waals surface area contributed by atoms with Crippen molar-refractivity contribution in [2.75, 3.05) is 16.8 Å². The number of hydrogen-bond donors (Lipinski definition) is 1. The standard InChI is InChI=1S/C34H25BrN2O5/c1-18-15-20(35)13-14-26(18)36-27(38)17-42-34(41)19-7-6-8-21(16-19)37-32(39)30-28-22-9-2-3-10-23(22)29(31(30)33(37)40)25-12-5-4-11-24(25)28/h2-16,28-31H,17H2,1H3,(H,36,38)/t28?,29?,30-,31+. The van der Waals surface area contributed by atoms with E-state index < -0.39 is 30.3 Å². The van der Waals surface area contributed by atoms with Crippen molar-refractivity contribution in [3.63, 3.8) is 0 Å². The van der Waals surface area contributed by atoms with Crippen LogP contribution < -0.4 is 10.2 Å². The highest BCUT2D eigenvalue weighted by Gasteiger charge is 2.61. The summed E-state index contributed by atoms with van der Waals surface area (Å²) < 4.78 is 6.16. The number of halogens is 1. The molecule has 3 amide bonds. The fourth-order valence-corrected chi connectivity index (χ4v) is 7.35. The second kappa shape index (κ2) is 10.1. The van der Waals surface area contributed by atoms with Gasteiger partial charge in [0.1, 0.15) is 0 Å². The van der Waals surface area contributed by atoms with Crippen LogP contribution in [0.1, 0.15) is 50.0 Å². The molecule has 7 nitrogen and oxygen atoms in total. The van der Waals surface area contributed by atoms with E-state index in [1.165, 1.54) is 17.0 Å². The fraction of sp³-hybridized carbons (Fsp3) is 0.176. The molecular weight excluding hydrogens is 596 g/mol. The lowest BCUT2D eigenvalue weighted by Crippen LogP contribution is -2.41. The lowest BCUT2D eigenvalue weighted by molar-refractivity contribution is -0.122. The van der Waals surface area contributed by atoms with Crippen LogP contribution >= 0.6 is 15.9 Å². The van der Waals surface area contributed by atoms with E-state index in [4.69, 9.17) is 4.74 Å². The minimum atomic E-state index is -0.726. The molecule has 1 saturated heterocycles. The Hall–Kier alpha value is -4.56. The van der Waals surface area contributed by atoms with Gasteiger partial charge in [-0.1, -0.05) is 70.5 Å². The highest BCUT2D eigenvalue weighted by Crippen LogP contribution is 2.61. The third-order valence-corrected chi connectivity index (χ3v) is 9.08. The zero-order valence-electron chi connectivity index (χ0n) is 22.5. The van der Waals surface area contributed by atoms with E-state index in [1.54, 1.807) is 24.3 Å². The van der Waals surface area contributed by atoms with Crippen molar-refractivity contribution in [2.45, 2.75) is 18.8 Å². The normalized spacial score (nSPS) is 21.4. The maximum absolute atomic E-state index is 14.0. The minimum absolute atomic E-state index is 0.144. The highest BCUT2D eigenvalue weighted by atomic mass is 79.9. The van der Waals surface area contributed by atoms with Gasteiger partial charge in [0, 0.05) is 22.0 Å². The Balaban J connectivity index is 1.13. The van der Waals surface area contributed by atoms with E-state index in [0.29, 0.717) is 11.4 Å². The number of rotatable bonds is 5. The highest BCUT2D eigenvalue weighted by molar-refractivity contribution is 9.10. The molecule has 0 radical (unpaired) electrons. The maximum Gasteiger partial charge on any atom is 0.338 e. The molecule has 2 atom stereocenters. The lowest BCUT2D eigenvalue weighted by atomic mass is 9.55. The van der Waals surface area contributed by atoms with Gasteiger partial charge in [0.25, 0.3) is 5.91 Å². The Bertz CT molecular complexity index is 1700. The van der Waals surface area contributed by atoms with Gasteiger partial charge >= 0.3 is 5.97 Å². The molecule has 0 aromatic heterocycles. The second-order valence-electron chi connectivity index (χ2n) is 10.9. The number of imide groups is 1. The van der Waals surface area contributed by atoms with Gasteiger partial charge in [-0.3, -0.25) is 14.4 Å². The Morgan fingerprint density at radius 2 is 1.36 bits per heavy atom. The summed E-state index contributed by atoms with van der Waals surface area (Å²) in [5.74, 6) is -3.20. The fourth-order valence-electron chi connectivity index (χ4n) is 6.87. The molecule has 0 unspecified atom stereocenters.